The highest BCUT2D eigenvalue weighted by Crippen LogP contribution is 2.33. The molecule has 2 amide bonds. The average Bonchev–Trinajstić information content (AvgIpc) is 3.33. The summed E-state index contributed by atoms with van der Waals surface area (Å²) in [6, 6.07) is 6.22. The van der Waals surface area contributed by atoms with Gasteiger partial charge in [0.25, 0.3) is 0 Å². The van der Waals surface area contributed by atoms with Gasteiger partial charge in [0.1, 0.15) is 0 Å². The molecule has 3 aliphatic rings. The van der Waals surface area contributed by atoms with Crippen LogP contribution in [0.3, 0.4) is 0 Å². The Morgan fingerprint density at radius 1 is 1.08 bits per heavy atom. The lowest BCUT2D eigenvalue weighted by Crippen LogP contribution is -2.47. The Morgan fingerprint density at radius 2 is 1.92 bits per heavy atom. The lowest BCUT2D eigenvalue weighted by Gasteiger charge is -2.30. The largest absolute Gasteiger partial charge is 0.454 e. The lowest BCUT2D eigenvalue weighted by molar-refractivity contribution is 0.0785. The van der Waals surface area contributed by atoms with Gasteiger partial charge in [0.05, 0.1) is 6.10 Å². The molecule has 1 saturated carbocycles. The summed E-state index contributed by atoms with van der Waals surface area (Å²) in [4.78, 5) is 14.8. The van der Waals surface area contributed by atoms with E-state index in [-0.39, 0.29) is 18.9 Å². The van der Waals surface area contributed by atoms with E-state index in [0.717, 1.165) is 49.4 Å². The van der Waals surface area contributed by atoms with Crippen LogP contribution >= 0.6 is 0 Å². The normalized spacial score (nSPS) is 22.4. The van der Waals surface area contributed by atoms with Gasteiger partial charge in [-0.1, -0.05) is 25.3 Å². The molecule has 2 aliphatic heterocycles. The molecule has 1 aromatic rings. The molecule has 142 valence electrons. The van der Waals surface area contributed by atoms with E-state index in [1.807, 2.05) is 23.1 Å². The van der Waals surface area contributed by atoms with Gasteiger partial charge in [-0.25, -0.2) is 4.79 Å². The highest BCUT2D eigenvalue weighted by atomic mass is 16.7. The van der Waals surface area contributed by atoms with Crippen LogP contribution in [0.5, 0.6) is 11.5 Å². The van der Waals surface area contributed by atoms with Gasteiger partial charge in [0, 0.05) is 25.7 Å². The molecule has 1 N–H and O–H groups in total. The van der Waals surface area contributed by atoms with Crippen LogP contribution in [0.4, 0.5) is 4.79 Å². The van der Waals surface area contributed by atoms with Gasteiger partial charge < -0.3 is 24.4 Å². The summed E-state index contributed by atoms with van der Waals surface area (Å²) in [6.07, 6.45) is 8.11. The lowest BCUT2D eigenvalue weighted by atomic mass is 9.96. The fourth-order valence-corrected chi connectivity index (χ4v) is 4.03. The molecule has 6 heteroatoms. The number of carbonyl (C=O) groups is 1. The van der Waals surface area contributed by atoms with E-state index in [2.05, 4.69) is 5.32 Å². The van der Waals surface area contributed by atoms with E-state index in [9.17, 15) is 4.79 Å². The van der Waals surface area contributed by atoms with Crippen molar-refractivity contribution >= 4 is 6.03 Å². The molecule has 0 aromatic heterocycles. The van der Waals surface area contributed by atoms with Crippen molar-refractivity contribution in [3.8, 4) is 11.5 Å². The van der Waals surface area contributed by atoms with Crippen molar-refractivity contribution in [3.05, 3.63) is 23.8 Å². The van der Waals surface area contributed by atoms with E-state index in [0.29, 0.717) is 19.1 Å². The smallest absolute Gasteiger partial charge is 0.318 e. The highest BCUT2D eigenvalue weighted by molar-refractivity contribution is 5.74. The van der Waals surface area contributed by atoms with Gasteiger partial charge in [-0.05, 0) is 43.4 Å². The summed E-state index contributed by atoms with van der Waals surface area (Å²) in [7, 11) is 0. The topological polar surface area (TPSA) is 60.0 Å². The Hall–Kier alpha value is -1.95. The van der Waals surface area contributed by atoms with Gasteiger partial charge >= 0.3 is 6.03 Å². The molecule has 2 fully saturated rings. The zero-order valence-electron chi connectivity index (χ0n) is 15.2. The third-order valence-corrected chi connectivity index (χ3v) is 5.48. The fraction of sp³-hybridized carbons (Fsp3) is 0.650. The number of benzene rings is 1. The van der Waals surface area contributed by atoms with Crippen molar-refractivity contribution in [2.24, 2.45) is 0 Å². The molecule has 0 radical (unpaired) electrons. The molecule has 1 saturated heterocycles. The van der Waals surface area contributed by atoms with Crippen molar-refractivity contribution in [2.45, 2.75) is 63.6 Å². The number of urea groups is 1. The van der Waals surface area contributed by atoms with E-state index >= 15 is 0 Å². The Bertz CT molecular complexity index is 624. The first kappa shape index (κ1) is 17.5. The Labute approximate surface area is 154 Å². The van der Waals surface area contributed by atoms with Crippen molar-refractivity contribution in [2.75, 3.05) is 19.9 Å². The predicted molar refractivity (Wildman–Crippen MR) is 97.4 cm³/mol. The molecule has 2 heterocycles. The molecule has 0 spiro atoms. The van der Waals surface area contributed by atoms with E-state index in [1.54, 1.807) is 0 Å². The first-order chi connectivity index (χ1) is 12.8. The molecule has 6 nitrogen and oxygen atoms in total. The van der Waals surface area contributed by atoms with Gasteiger partial charge in [-0.15, -0.1) is 0 Å². The van der Waals surface area contributed by atoms with Crippen LogP contribution in [0.15, 0.2) is 18.2 Å². The first-order valence-corrected chi connectivity index (χ1v) is 9.83. The summed E-state index contributed by atoms with van der Waals surface area (Å²) >= 11 is 0. The van der Waals surface area contributed by atoms with Crippen LogP contribution in [-0.4, -0.2) is 43.0 Å². The molecular formula is C20H28N2O4. The maximum absolute atomic E-state index is 12.9. The average molecular weight is 360 g/mol. The second-order valence-corrected chi connectivity index (χ2v) is 7.49. The number of rotatable bonds is 5. The van der Waals surface area contributed by atoms with Crippen LogP contribution in [0, 0.1) is 0 Å². The summed E-state index contributed by atoms with van der Waals surface area (Å²) in [6.45, 7) is 2.25. The number of ether oxygens (including phenoxy) is 3. The summed E-state index contributed by atoms with van der Waals surface area (Å²) in [5, 5.41) is 3.24. The van der Waals surface area contributed by atoms with Crippen LogP contribution < -0.4 is 14.8 Å². The van der Waals surface area contributed by atoms with E-state index < -0.39 is 0 Å². The minimum Gasteiger partial charge on any atom is -0.454 e. The molecule has 1 atom stereocenters. The SMILES string of the molecule is O=C(NC1CCCCC1)N(Cc1ccc2c(c1)OCO2)CC1CCCO1. The highest BCUT2D eigenvalue weighted by Gasteiger charge is 2.25. The predicted octanol–water partition coefficient (Wildman–Crippen LogP) is 3.44. The summed E-state index contributed by atoms with van der Waals surface area (Å²) < 4.78 is 16.6. The van der Waals surface area contributed by atoms with E-state index in [4.69, 9.17) is 14.2 Å². The van der Waals surface area contributed by atoms with Crippen molar-refractivity contribution in [1.82, 2.24) is 10.2 Å². The summed E-state index contributed by atoms with van der Waals surface area (Å²) in [5.41, 5.74) is 1.05. The van der Waals surface area contributed by atoms with Gasteiger partial charge in [-0.2, -0.15) is 0 Å². The molecule has 26 heavy (non-hydrogen) atoms. The first-order valence-electron chi connectivity index (χ1n) is 9.83. The number of amides is 2. The quantitative estimate of drug-likeness (QED) is 0.874. The minimum atomic E-state index is 0.0186. The Balaban J connectivity index is 1.43. The molecule has 0 bridgehead atoms. The Kier molecular flexibility index (Phi) is 5.48. The standard InChI is InChI=1S/C20H28N2O4/c23-20(21-16-5-2-1-3-6-16)22(13-17-7-4-10-24-17)12-15-8-9-18-19(11-15)26-14-25-18/h8-9,11,16-17H,1-7,10,12-14H2,(H,21,23). The van der Waals surface area contributed by atoms with Crippen LogP contribution in [0.1, 0.15) is 50.5 Å². The number of hydrogen-bond acceptors (Lipinski definition) is 4. The maximum atomic E-state index is 12.9. The second kappa shape index (κ2) is 8.16. The van der Waals surface area contributed by atoms with Crippen LogP contribution in [0.25, 0.3) is 0 Å². The second-order valence-electron chi connectivity index (χ2n) is 7.49. The molecule has 1 aliphatic carbocycles. The number of nitrogens with one attached hydrogen (secondary N) is 1. The third kappa shape index (κ3) is 4.23. The van der Waals surface area contributed by atoms with Gasteiger partial charge in [-0.3, -0.25) is 0 Å². The van der Waals surface area contributed by atoms with E-state index in [1.165, 1.54) is 19.3 Å². The van der Waals surface area contributed by atoms with Crippen molar-refractivity contribution in [1.29, 1.82) is 0 Å². The summed E-state index contributed by atoms with van der Waals surface area (Å²) in [5.74, 6) is 1.53. The van der Waals surface area contributed by atoms with Gasteiger partial charge in [0.2, 0.25) is 6.79 Å². The van der Waals surface area contributed by atoms with Crippen LogP contribution in [0.2, 0.25) is 0 Å². The zero-order valence-corrected chi connectivity index (χ0v) is 15.2. The van der Waals surface area contributed by atoms with Crippen molar-refractivity contribution < 1.29 is 19.0 Å². The van der Waals surface area contributed by atoms with Crippen molar-refractivity contribution in [3.63, 3.8) is 0 Å². The molecule has 1 aromatic carbocycles. The number of carbonyl (C=O) groups excluding carboxylic acids is 1. The monoisotopic (exact) mass is 360 g/mol. The van der Waals surface area contributed by atoms with Crippen LogP contribution in [-0.2, 0) is 11.3 Å². The van der Waals surface area contributed by atoms with Gasteiger partial charge in [0.15, 0.2) is 11.5 Å². The molecular weight excluding hydrogens is 332 g/mol. The minimum absolute atomic E-state index is 0.0186. The Morgan fingerprint density at radius 3 is 2.73 bits per heavy atom. The molecule has 4 rings (SSSR count). The third-order valence-electron chi connectivity index (χ3n) is 5.48. The zero-order chi connectivity index (χ0) is 17.8. The number of fused-ring (bicyclic) bond motifs is 1. The number of nitrogens with zero attached hydrogens (tertiary/aromatic N) is 1. The molecule has 1 unspecified atom stereocenters. The fourth-order valence-electron chi connectivity index (χ4n) is 4.03. The maximum Gasteiger partial charge on any atom is 0.318 e. The number of hydrogen-bond donors (Lipinski definition) is 1.